The highest BCUT2D eigenvalue weighted by Crippen LogP contribution is 2.30. The summed E-state index contributed by atoms with van der Waals surface area (Å²) in [6, 6.07) is 14.1. The molecule has 1 N–H and O–H groups in total. The van der Waals surface area contributed by atoms with Gasteiger partial charge in [-0.3, -0.25) is 4.79 Å². The highest BCUT2D eigenvalue weighted by Gasteiger charge is 2.19. The number of ether oxygens (including phenoxy) is 1. The molecule has 2 rings (SSSR count). The van der Waals surface area contributed by atoms with E-state index in [0.29, 0.717) is 0 Å². The lowest BCUT2D eigenvalue weighted by Gasteiger charge is -2.23. The molecule has 25 heavy (non-hydrogen) atoms. The summed E-state index contributed by atoms with van der Waals surface area (Å²) in [5.41, 5.74) is 4.59. The van der Waals surface area contributed by atoms with Crippen molar-refractivity contribution >= 4 is 5.91 Å². The first-order chi connectivity index (χ1) is 11.7. The molecule has 0 fully saturated rings. The molecule has 0 heterocycles. The summed E-state index contributed by atoms with van der Waals surface area (Å²) in [4.78, 5) is 12.3. The first-order valence-corrected chi connectivity index (χ1v) is 8.77. The van der Waals surface area contributed by atoms with Crippen LogP contribution >= 0.6 is 0 Å². The van der Waals surface area contributed by atoms with E-state index in [1.807, 2.05) is 31.2 Å². The molecule has 0 unspecified atom stereocenters. The topological polar surface area (TPSA) is 38.3 Å². The zero-order valence-electron chi connectivity index (χ0n) is 16.1. The highest BCUT2D eigenvalue weighted by molar-refractivity contribution is 5.78. The van der Waals surface area contributed by atoms with Gasteiger partial charge < -0.3 is 10.1 Å². The molecule has 2 aromatic carbocycles. The molecule has 0 saturated carbocycles. The van der Waals surface area contributed by atoms with Crippen molar-refractivity contribution in [1.82, 2.24) is 5.32 Å². The average Bonchev–Trinajstić information content (AvgIpc) is 2.54. The van der Waals surface area contributed by atoms with Crippen LogP contribution in [0.2, 0.25) is 0 Å². The second-order valence-electron chi connectivity index (χ2n) is 7.68. The smallest absolute Gasteiger partial charge is 0.258 e. The van der Waals surface area contributed by atoms with Crippen molar-refractivity contribution in [3.05, 3.63) is 64.7 Å². The molecule has 0 aliphatic heterocycles. The van der Waals surface area contributed by atoms with Gasteiger partial charge in [0.05, 0.1) is 6.04 Å². The van der Waals surface area contributed by atoms with E-state index in [2.05, 4.69) is 58.1 Å². The summed E-state index contributed by atoms with van der Waals surface area (Å²) in [6.45, 7) is 12.6. The van der Waals surface area contributed by atoms with Crippen molar-refractivity contribution in [2.45, 2.75) is 53.0 Å². The van der Waals surface area contributed by atoms with Crippen molar-refractivity contribution in [3.63, 3.8) is 0 Å². The molecule has 0 spiro atoms. The zero-order valence-corrected chi connectivity index (χ0v) is 16.1. The maximum atomic E-state index is 12.3. The molecule has 0 aromatic heterocycles. The molecule has 3 nitrogen and oxygen atoms in total. The summed E-state index contributed by atoms with van der Waals surface area (Å²) < 4.78 is 5.80. The fourth-order valence-electron chi connectivity index (χ4n) is 2.94. The number of benzene rings is 2. The molecular weight excluding hydrogens is 310 g/mol. The number of carbonyl (C=O) groups is 1. The maximum Gasteiger partial charge on any atom is 0.258 e. The lowest BCUT2D eigenvalue weighted by Crippen LogP contribution is -2.32. The molecule has 2 aromatic rings. The third-order valence-corrected chi connectivity index (χ3v) is 4.33. The van der Waals surface area contributed by atoms with Crippen LogP contribution in [0.5, 0.6) is 5.75 Å². The van der Waals surface area contributed by atoms with Crippen molar-refractivity contribution in [2.75, 3.05) is 6.61 Å². The Morgan fingerprint density at radius 2 is 1.80 bits per heavy atom. The van der Waals surface area contributed by atoms with E-state index in [0.717, 1.165) is 16.9 Å². The molecule has 0 aliphatic carbocycles. The molecule has 1 amide bonds. The lowest BCUT2D eigenvalue weighted by atomic mass is 9.86. The van der Waals surface area contributed by atoms with Crippen LogP contribution in [0.25, 0.3) is 0 Å². The summed E-state index contributed by atoms with van der Waals surface area (Å²) in [7, 11) is 0. The van der Waals surface area contributed by atoms with Gasteiger partial charge in [-0.05, 0) is 48.9 Å². The van der Waals surface area contributed by atoms with Gasteiger partial charge in [0.2, 0.25) is 0 Å². The van der Waals surface area contributed by atoms with Crippen LogP contribution in [0.1, 0.15) is 56.0 Å². The highest BCUT2D eigenvalue weighted by atomic mass is 16.5. The minimum Gasteiger partial charge on any atom is -0.483 e. The number of amides is 1. The molecule has 3 heteroatoms. The summed E-state index contributed by atoms with van der Waals surface area (Å²) in [6.07, 6.45) is 0. The lowest BCUT2D eigenvalue weighted by molar-refractivity contribution is -0.123. The SMILES string of the molecule is Cc1ccc(C)c([C@H](C)NC(=O)COc2ccccc2C(C)(C)C)c1. The minimum atomic E-state index is -0.114. The van der Waals surface area contributed by atoms with E-state index >= 15 is 0 Å². The molecule has 0 radical (unpaired) electrons. The van der Waals surface area contributed by atoms with Crippen LogP contribution in [0.15, 0.2) is 42.5 Å². The average molecular weight is 339 g/mol. The third-order valence-electron chi connectivity index (χ3n) is 4.33. The van der Waals surface area contributed by atoms with Gasteiger partial charge in [-0.2, -0.15) is 0 Å². The normalized spacial score (nSPS) is 12.6. The standard InChI is InChI=1S/C22H29NO2/c1-15-11-12-16(2)18(13-15)17(3)23-21(24)14-25-20-10-8-7-9-19(20)22(4,5)6/h7-13,17H,14H2,1-6H3,(H,23,24)/t17-/m0/s1. The number of hydrogen-bond acceptors (Lipinski definition) is 2. The Labute approximate surface area is 151 Å². The number of hydrogen-bond donors (Lipinski definition) is 1. The van der Waals surface area contributed by atoms with Crippen LogP contribution in [0, 0.1) is 13.8 Å². The summed E-state index contributed by atoms with van der Waals surface area (Å²) >= 11 is 0. The fraction of sp³-hybridized carbons (Fsp3) is 0.409. The quantitative estimate of drug-likeness (QED) is 0.845. The van der Waals surface area contributed by atoms with E-state index < -0.39 is 0 Å². The fourth-order valence-corrected chi connectivity index (χ4v) is 2.94. The molecule has 134 valence electrons. The molecule has 0 bridgehead atoms. The number of aryl methyl sites for hydroxylation is 2. The Morgan fingerprint density at radius 3 is 2.48 bits per heavy atom. The molecule has 0 aliphatic rings. The van der Waals surface area contributed by atoms with E-state index in [4.69, 9.17) is 4.74 Å². The number of nitrogens with one attached hydrogen (secondary N) is 1. The van der Waals surface area contributed by atoms with Crippen LogP contribution in [0.3, 0.4) is 0 Å². The van der Waals surface area contributed by atoms with Gasteiger partial charge in [0.1, 0.15) is 5.75 Å². The van der Waals surface area contributed by atoms with Crippen LogP contribution < -0.4 is 10.1 Å². The van der Waals surface area contributed by atoms with Crippen molar-refractivity contribution in [2.24, 2.45) is 0 Å². The Morgan fingerprint density at radius 1 is 1.12 bits per heavy atom. The van der Waals surface area contributed by atoms with Gasteiger partial charge in [-0.1, -0.05) is 62.7 Å². The van der Waals surface area contributed by atoms with Gasteiger partial charge in [-0.15, -0.1) is 0 Å². The largest absolute Gasteiger partial charge is 0.483 e. The number of para-hydroxylation sites is 1. The van der Waals surface area contributed by atoms with Crippen molar-refractivity contribution in [1.29, 1.82) is 0 Å². The van der Waals surface area contributed by atoms with Gasteiger partial charge in [0, 0.05) is 0 Å². The van der Waals surface area contributed by atoms with E-state index in [9.17, 15) is 4.79 Å². The van der Waals surface area contributed by atoms with E-state index in [1.54, 1.807) is 0 Å². The van der Waals surface area contributed by atoms with Crippen molar-refractivity contribution in [3.8, 4) is 5.75 Å². The second kappa shape index (κ2) is 7.73. The Kier molecular flexibility index (Phi) is 5.89. The van der Waals surface area contributed by atoms with Gasteiger partial charge in [0.25, 0.3) is 5.91 Å². The van der Waals surface area contributed by atoms with Crippen LogP contribution in [-0.4, -0.2) is 12.5 Å². The monoisotopic (exact) mass is 339 g/mol. The number of rotatable bonds is 5. The summed E-state index contributed by atoms with van der Waals surface area (Å²) in [5, 5.41) is 3.03. The third kappa shape index (κ3) is 5.09. The summed E-state index contributed by atoms with van der Waals surface area (Å²) in [5.74, 6) is 0.654. The first-order valence-electron chi connectivity index (χ1n) is 8.77. The van der Waals surface area contributed by atoms with Crippen molar-refractivity contribution < 1.29 is 9.53 Å². The van der Waals surface area contributed by atoms with Crippen LogP contribution in [-0.2, 0) is 10.2 Å². The number of carbonyl (C=O) groups excluding carboxylic acids is 1. The Balaban J connectivity index is 2.01. The van der Waals surface area contributed by atoms with Gasteiger partial charge in [0.15, 0.2) is 6.61 Å². The molecule has 0 saturated heterocycles. The Hall–Kier alpha value is -2.29. The molecular formula is C22H29NO2. The predicted molar refractivity (Wildman–Crippen MR) is 103 cm³/mol. The minimum absolute atomic E-state index is 0.0162. The Bertz CT molecular complexity index is 744. The van der Waals surface area contributed by atoms with E-state index in [1.165, 1.54) is 11.1 Å². The van der Waals surface area contributed by atoms with Gasteiger partial charge >= 0.3 is 0 Å². The first kappa shape index (κ1) is 19.0. The zero-order chi connectivity index (χ0) is 18.6. The van der Waals surface area contributed by atoms with E-state index in [-0.39, 0.29) is 24.0 Å². The predicted octanol–water partition coefficient (Wildman–Crippen LogP) is 4.86. The second-order valence-corrected chi connectivity index (χ2v) is 7.68. The van der Waals surface area contributed by atoms with Gasteiger partial charge in [-0.25, -0.2) is 0 Å². The maximum absolute atomic E-state index is 12.3. The molecule has 1 atom stereocenters. The van der Waals surface area contributed by atoms with Crippen LogP contribution in [0.4, 0.5) is 0 Å².